The van der Waals surface area contributed by atoms with Crippen molar-refractivity contribution >= 4 is 10.8 Å². The van der Waals surface area contributed by atoms with E-state index in [-0.39, 0.29) is 0 Å². The third-order valence-electron chi connectivity index (χ3n) is 3.47. The normalized spacial score (nSPS) is 31.2. The second kappa shape index (κ2) is 6.15. The van der Waals surface area contributed by atoms with Gasteiger partial charge in [0.15, 0.2) is 0 Å². The molecule has 0 heterocycles. The van der Waals surface area contributed by atoms with Crippen LogP contribution in [-0.4, -0.2) is 28.3 Å². The Kier molecular flexibility index (Phi) is 5.45. The predicted octanol–water partition coefficient (Wildman–Crippen LogP) is 2.56. The maximum atomic E-state index is 11.3. The molecule has 0 aromatic heterocycles. The van der Waals surface area contributed by atoms with Crippen LogP contribution < -0.4 is 5.32 Å². The molecule has 1 aliphatic rings. The lowest BCUT2D eigenvalue weighted by Gasteiger charge is -2.39. The highest BCUT2D eigenvalue weighted by atomic mass is 32.2. The van der Waals surface area contributed by atoms with Crippen LogP contribution in [0.4, 0.5) is 0 Å². The maximum Gasteiger partial charge on any atom is 0.0360 e. The molecule has 3 atom stereocenters. The molecule has 0 saturated heterocycles. The van der Waals surface area contributed by atoms with Gasteiger partial charge in [0.2, 0.25) is 0 Å². The van der Waals surface area contributed by atoms with Crippen LogP contribution in [-0.2, 0) is 10.8 Å². The van der Waals surface area contributed by atoms with Crippen LogP contribution in [0.25, 0.3) is 0 Å². The van der Waals surface area contributed by atoms with Crippen molar-refractivity contribution < 1.29 is 4.21 Å². The van der Waals surface area contributed by atoms with E-state index in [1.807, 2.05) is 6.92 Å². The van der Waals surface area contributed by atoms with Gasteiger partial charge in [-0.1, -0.05) is 27.7 Å². The fourth-order valence-electron chi connectivity index (χ4n) is 3.02. The zero-order chi connectivity index (χ0) is 12.2. The third-order valence-corrected chi connectivity index (χ3v) is 4.78. The molecule has 0 bridgehead atoms. The van der Waals surface area contributed by atoms with Crippen LogP contribution in [0.2, 0.25) is 0 Å². The van der Waals surface area contributed by atoms with Gasteiger partial charge in [0, 0.05) is 34.9 Å². The third kappa shape index (κ3) is 4.96. The molecule has 0 aromatic rings. The van der Waals surface area contributed by atoms with Gasteiger partial charge in [0.1, 0.15) is 0 Å². The Bertz CT molecular complexity index is 240. The molecule has 1 rings (SSSR count). The van der Waals surface area contributed by atoms with Gasteiger partial charge in [-0.25, -0.2) is 0 Å². The smallest absolute Gasteiger partial charge is 0.0360 e. The largest absolute Gasteiger partial charge is 0.313 e. The molecule has 0 radical (unpaired) electrons. The second-order valence-corrected chi connectivity index (χ2v) is 7.86. The first kappa shape index (κ1) is 14.2. The zero-order valence-electron chi connectivity index (χ0n) is 11.2. The molecule has 0 aromatic carbocycles. The molecule has 16 heavy (non-hydrogen) atoms. The molecule has 3 unspecified atom stereocenters. The van der Waals surface area contributed by atoms with Crippen molar-refractivity contribution in [3.8, 4) is 0 Å². The summed E-state index contributed by atoms with van der Waals surface area (Å²) >= 11 is 0. The quantitative estimate of drug-likeness (QED) is 0.806. The molecule has 96 valence electrons. The summed E-state index contributed by atoms with van der Waals surface area (Å²) in [7, 11) is -0.622. The summed E-state index contributed by atoms with van der Waals surface area (Å²) < 4.78 is 11.3. The molecular weight excluding hydrogens is 218 g/mol. The van der Waals surface area contributed by atoms with Gasteiger partial charge in [0.05, 0.1) is 0 Å². The Morgan fingerprint density at radius 1 is 1.38 bits per heavy atom. The van der Waals surface area contributed by atoms with Gasteiger partial charge >= 0.3 is 0 Å². The molecule has 1 fully saturated rings. The molecule has 1 aliphatic carbocycles. The first-order valence-corrected chi connectivity index (χ1v) is 8.00. The van der Waals surface area contributed by atoms with E-state index in [9.17, 15) is 4.21 Å². The highest BCUT2D eigenvalue weighted by Gasteiger charge is 2.31. The van der Waals surface area contributed by atoms with E-state index >= 15 is 0 Å². The topological polar surface area (TPSA) is 29.1 Å². The van der Waals surface area contributed by atoms with E-state index in [1.54, 1.807) is 0 Å². The molecule has 0 spiro atoms. The first-order valence-electron chi connectivity index (χ1n) is 6.51. The van der Waals surface area contributed by atoms with Crippen LogP contribution in [0.1, 0.15) is 47.0 Å². The van der Waals surface area contributed by atoms with Crippen LogP contribution in [0, 0.1) is 11.3 Å². The van der Waals surface area contributed by atoms with Crippen LogP contribution in [0.5, 0.6) is 0 Å². The number of hydrogen-bond acceptors (Lipinski definition) is 2. The van der Waals surface area contributed by atoms with Crippen molar-refractivity contribution in [3.05, 3.63) is 0 Å². The van der Waals surface area contributed by atoms with Gasteiger partial charge in [0.25, 0.3) is 0 Å². The minimum Gasteiger partial charge on any atom is -0.313 e. The average Bonchev–Trinajstić information content (AvgIpc) is 2.14. The highest BCUT2D eigenvalue weighted by molar-refractivity contribution is 7.84. The first-order chi connectivity index (χ1) is 7.43. The SMILES string of the molecule is CCS(=O)CCNC1CC(C)CC(C)(C)C1. The predicted molar refractivity (Wildman–Crippen MR) is 72.1 cm³/mol. The summed E-state index contributed by atoms with van der Waals surface area (Å²) in [5.41, 5.74) is 0.471. The molecule has 2 nitrogen and oxygen atoms in total. The molecule has 1 N–H and O–H groups in total. The van der Waals surface area contributed by atoms with Crippen LogP contribution in [0.3, 0.4) is 0 Å². The minimum atomic E-state index is -0.622. The van der Waals surface area contributed by atoms with Gasteiger partial charge in [-0.3, -0.25) is 4.21 Å². The van der Waals surface area contributed by atoms with Gasteiger partial charge in [-0.2, -0.15) is 0 Å². The summed E-state index contributed by atoms with van der Waals surface area (Å²) in [6, 6.07) is 0.632. The monoisotopic (exact) mass is 245 g/mol. The zero-order valence-corrected chi connectivity index (χ0v) is 12.0. The van der Waals surface area contributed by atoms with Crippen molar-refractivity contribution in [2.24, 2.45) is 11.3 Å². The number of rotatable bonds is 5. The molecule has 0 aliphatic heterocycles. The Morgan fingerprint density at radius 3 is 2.62 bits per heavy atom. The van der Waals surface area contributed by atoms with Crippen molar-refractivity contribution in [1.29, 1.82) is 0 Å². The summed E-state index contributed by atoms with van der Waals surface area (Å²) in [5.74, 6) is 2.41. The van der Waals surface area contributed by atoms with Crippen LogP contribution in [0.15, 0.2) is 0 Å². The van der Waals surface area contributed by atoms with Crippen LogP contribution >= 0.6 is 0 Å². The van der Waals surface area contributed by atoms with E-state index in [4.69, 9.17) is 0 Å². The van der Waals surface area contributed by atoms with Gasteiger partial charge in [-0.05, 0) is 30.6 Å². The lowest BCUT2D eigenvalue weighted by Crippen LogP contribution is -2.41. The van der Waals surface area contributed by atoms with E-state index in [2.05, 4.69) is 26.1 Å². The van der Waals surface area contributed by atoms with Crippen molar-refractivity contribution in [3.63, 3.8) is 0 Å². The van der Waals surface area contributed by atoms with Gasteiger partial charge in [-0.15, -0.1) is 0 Å². The standard InChI is InChI=1S/C13H27NOS/c1-5-16(15)7-6-14-12-8-11(2)9-13(3,4)10-12/h11-12,14H,5-10H2,1-4H3. The van der Waals surface area contributed by atoms with E-state index < -0.39 is 10.8 Å². The number of nitrogens with one attached hydrogen (secondary N) is 1. The lowest BCUT2D eigenvalue weighted by molar-refractivity contribution is 0.153. The van der Waals surface area contributed by atoms with E-state index in [1.165, 1.54) is 19.3 Å². The summed E-state index contributed by atoms with van der Waals surface area (Å²) in [6.45, 7) is 9.97. The fraction of sp³-hybridized carbons (Fsp3) is 1.00. The van der Waals surface area contributed by atoms with Crippen molar-refractivity contribution in [1.82, 2.24) is 5.32 Å². The maximum absolute atomic E-state index is 11.3. The fourth-order valence-corrected chi connectivity index (χ4v) is 3.66. The lowest BCUT2D eigenvalue weighted by atomic mass is 9.70. The van der Waals surface area contributed by atoms with E-state index in [0.29, 0.717) is 11.5 Å². The Balaban J connectivity index is 2.29. The Labute approximate surface area is 103 Å². The van der Waals surface area contributed by atoms with Gasteiger partial charge < -0.3 is 5.32 Å². The molecule has 1 saturated carbocycles. The highest BCUT2D eigenvalue weighted by Crippen LogP contribution is 2.38. The van der Waals surface area contributed by atoms with Crippen molar-refractivity contribution in [2.75, 3.05) is 18.1 Å². The number of hydrogen-bond donors (Lipinski definition) is 1. The second-order valence-electron chi connectivity index (χ2n) is 6.00. The minimum absolute atomic E-state index is 0.471. The summed E-state index contributed by atoms with van der Waals surface area (Å²) in [4.78, 5) is 0. The van der Waals surface area contributed by atoms with E-state index in [0.717, 1.165) is 24.0 Å². The van der Waals surface area contributed by atoms with Crippen molar-refractivity contribution in [2.45, 2.75) is 53.0 Å². The Morgan fingerprint density at radius 2 is 2.06 bits per heavy atom. The Hall–Kier alpha value is 0.110. The average molecular weight is 245 g/mol. The summed E-state index contributed by atoms with van der Waals surface area (Å²) in [5, 5.41) is 3.58. The summed E-state index contributed by atoms with van der Waals surface area (Å²) in [6.07, 6.45) is 3.88. The molecule has 0 amide bonds. The molecular formula is C13H27NOS. The molecule has 3 heteroatoms.